The van der Waals surface area contributed by atoms with Gasteiger partial charge in [0.1, 0.15) is 18.1 Å². The van der Waals surface area contributed by atoms with Crippen molar-refractivity contribution in [3.05, 3.63) is 118 Å². The van der Waals surface area contributed by atoms with Gasteiger partial charge in [0, 0.05) is 53.9 Å². The average Bonchev–Trinajstić information content (AvgIpc) is 3.37. The van der Waals surface area contributed by atoms with Gasteiger partial charge in [0.25, 0.3) is 5.69 Å². The van der Waals surface area contributed by atoms with E-state index in [0.717, 1.165) is 90.4 Å². The molecule has 3 aliphatic rings. The van der Waals surface area contributed by atoms with Crippen LogP contribution in [-0.4, -0.2) is 69.8 Å². The molecule has 1 heterocycles. The molecule has 0 bridgehead atoms. The lowest BCUT2D eigenvalue weighted by Gasteiger charge is -2.58. The van der Waals surface area contributed by atoms with Crippen LogP contribution >= 0.6 is 23.5 Å². The van der Waals surface area contributed by atoms with E-state index in [1.54, 1.807) is 23.9 Å². The monoisotopic (exact) mass is 999 g/mol. The molecule has 2 aliphatic carbocycles. The first-order chi connectivity index (χ1) is 34.4. The number of oxime groups is 1. The molecule has 0 radical (unpaired) electrons. The Balaban J connectivity index is 1.28. The average molecular weight is 999 g/mol. The maximum atomic E-state index is 11.4. The van der Waals surface area contributed by atoms with Crippen LogP contribution in [-0.2, 0) is 16.2 Å². The minimum absolute atomic E-state index is 0.0297. The van der Waals surface area contributed by atoms with Crippen LogP contribution in [0.4, 0.5) is 5.69 Å². The molecule has 0 amide bonds. The number of non-ortho nitro benzene ring substituents is 1. The van der Waals surface area contributed by atoms with Crippen LogP contribution in [0.15, 0.2) is 107 Å². The number of hydrogen-bond acceptors (Lipinski definition) is 11. The van der Waals surface area contributed by atoms with Gasteiger partial charge < -0.3 is 29.3 Å². The lowest BCUT2D eigenvalue weighted by molar-refractivity contribution is -0.384. The fourth-order valence-corrected chi connectivity index (χ4v) is 13.0. The molecule has 1 fully saturated rings. The number of nitrogens with zero attached hydrogens (tertiary/aromatic N) is 2. The predicted molar refractivity (Wildman–Crippen MR) is 288 cm³/mol. The molecule has 0 unspecified atom stereocenters. The second kappa shape index (κ2) is 30.9. The minimum atomic E-state index is -1.03. The maximum Gasteiger partial charge on any atom is 0.269 e. The summed E-state index contributed by atoms with van der Waals surface area (Å²) in [5.74, 6) is 2.44. The number of aliphatic hydroxyl groups excluding tert-OH is 2. The molecule has 70 heavy (non-hydrogen) atoms. The summed E-state index contributed by atoms with van der Waals surface area (Å²) in [6, 6.07) is 23.2. The number of ether oxygens (including phenoxy) is 3. The van der Waals surface area contributed by atoms with Crippen molar-refractivity contribution in [2.45, 2.75) is 170 Å². The number of nitro benzene ring substituents is 1. The van der Waals surface area contributed by atoms with E-state index < -0.39 is 10.7 Å². The van der Waals surface area contributed by atoms with Crippen molar-refractivity contribution >= 4 is 34.9 Å². The van der Waals surface area contributed by atoms with E-state index in [9.17, 15) is 20.3 Å². The van der Waals surface area contributed by atoms with Crippen molar-refractivity contribution in [2.75, 3.05) is 37.9 Å². The molecule has 1 aliphatic heterocycles. The molecule has 0 spiro atoms. The van der Waals surface area contributed by atoms with Gasteiger partial charge in [-0.1, -0.05) is 139 Å². The van der Waals surface area contributed by atoms with Gasteiger partial charge in [-0.05, 0) is 103 Å². The highest BCUT2D eigenvalue weighted by Gasteiger charge is 2.64. The third kappa shape index (κ3) is 16.4. The van der Waals surface area contributed by atoms with Crippen molar-refractivity contribution in [3.63, 3.8) is 0 Å². The Morgan fingerprint density at radius 1 is 0.829 bits per heavy atom. The van der Waals surface area contributed by atoms with E-state index in [4.69, 9.17) is 24.2 Å². The van der Waals surface area contributed by atoms with E-state index in [-0.39, 0.29) is 54.4 Å². The number of fused-ring (bicyclic) bond motifs is 2. The minimum Gasteiger partial charge on any atom is -0.493 e. The molecule has 1 saturated carbocycles. The summed E-state index contributed by atoms with van der Waals surface area (Å²) in [5, 5.41) is 36.2. The van der Waals surface area contributed by atoms with Gasteiger partial charge in [0.2, 0.25) is 5.79 Å². The van der Waals surface area contributed by atoms with Gasteiger partial charge in [-0.25, -0.2) is 0 Å². The smallest absolute Gasteiger partial charge is 0.269 e. The molecule has 6 rings (SSSR count). The van der Waals surface area contributed by atoms with Crippen molar-refractivity contribution < 1.29 is 34.2 Å². The SMILES string of the molecule is C=CCO[C@@]12Oc3ccc(OCCSc4ccccc4)cc3[C@H]3[C@H](CCCCO)[C@@H](CCCCO)C=C(C(=NOCc4ccc([N+](=O)[O-])cc4)C[C@@H]1SCCCCCCCCCCCCCCCC)[C@H]32. The highest BCUT2D eigenvalue weighted by molar-refractivity contribution is 8.00. The topological polar surface area (TPSA) is 133 Å². The van der Waals surface area contributed by atoms with Crippen molar-refractivity contribution in [1.82, 2.24) is 0 Å². The van der Waals surface area contributed by atoms with E-state index in [1.165, 1.54) is 100 Å². The summed E-state index contributed by atoms with van der Waals surface area (Å²) >= 11 is 3.70. The fraction of sp³-hybridized carbons (Fsp3) is 0.603. The number of thioether (sulfide) groups is 2. The third-order valence-electron chi connectivity index (χ3n) is 14.4. The summed E-state index contributed by atoms with van der Waals surface area (Å²) < 4.78 is 21.1. The van der Waals surface area contributed by atoms with Crippen LogP contribution in [0, 0.1) is 27.9 Å². The fourth-order valence-electron chi connectivity index (χ4n) is 10.8. The van der Waals surface area contributed by atoms with Gasteiger partial charge >= 0.3 is 0 Å². The van der Waals surface area contributed by atoms with E-state index in [2.05, 4.69) is 56.0 Å². The summed E-state index contributed by atoms with van der Waals surface area (Å²) in [5.41, 5.74) is 3.89. The summed E-state index contributed by atoms with van der Waals surface area (Å²) in [4.78, 5) is 18.4. The Hall–Kier alpha value is -3.81. The van der Waals surface area contributed by atoms with E-state index in [0.29, 0.717) is 19.6 Å². The van der Waals surface area contributed by atoms with Crippen LogP contribution in [0.5, 0.6) is 11.5 Å². The number of nitro groups is 1. The largest absolute Gasteiger partial charge is 0.493 e. The van der Waals surface area contributed by atoms with Crippen molar-refractivity contribution in [1.29, 1.82) is 0 Å². The predicted octanol–water partition coefficient (Wildman–Crippen LogP) is 14.8. The van der Waals surface area contributed by atoms with E-state index in [1.807, 2.05) is 30.0 Å². The first-order valence-electron chi connectivity index (χ1n) is 26.8. The molecule has 384 valence electrons. The maximum absolute atomic E-state index is 11.4. The second-order valence-electron chi connectivity index (χ2n) is 19.4. The first-order valence-corrected chi connectivity index (χ1v) is 28.8. The molecule has 2 N–H and O–H groups in total. The number of rotatable bonds is 36. The van der Waals surface area contributed by atoms with Gasteiger partial charge in [-0.15, -0.1) is 18.3 Å². The Morgan fingerprint density at radius 3 is 2.16 bits per heavy atom. The Labute approximate surface area is 428 Å². The zero-order valence-corrected chi connectivity index (χ0v) is 43.7. The molecule has 0 aromatic heterocycles. The van der Waals surface area contributed by atoms with Crippen molar-refractivity contribution in [3.8, 4) is 11.5 Å². The molecular formula is C58H82N2O8S2. The van der Waals surface area contributed by atoms with Crippen LogP contribution < -0.4 is 9.47 Å². The first kappa shape index (κ1) is 55.5. The highest BCUT2D eigenvalue weighted by Crippen LogP contribution is 2.62. The summed E-state index contributed by atoms with van der Waals surface area (Å²) in [6.07, 6.45) is 28.3. The lowest BCUT2D eigenvalue weighted by Crippen LogP contribution is -2.64. The standard InChI is InChI=1S/C58H82N2O8S2/c1-3-5-6-7-8-9-10-11-12-13-14-15-16-24-39-70-55-43-53(59-67-44-45-29-31-47(32-30-45)60(63)64)51-41-46(25-20-22-35-61)50(28-21-23-36-62)56-52-42-48(65-38-40-69-49-26-18-17-19-27-49)33-34-54(52)68-58(55,57(51)56)66-37-4-2/h4,17-19,26-27,29-34,41-42,46,50,55-57,61-62H,2-3,5-16,20-25,28,35-40,43-44H2,1H3/t46-,50+,55-,56+,57+,58+/m0/s1. The number of hydrogen-bond donors (Lipinski definition) is 2. The zero-order chi connectivity index (χ0) is 49.2. The van der Waals surface area contributed by atoms with Gasteiger partial charge in [0.15, 0.2) is 0 Å². The normalized spacial score (nSPS) is 21.9. The number of allylic oxidation sites excluding steroid dienone is 1. The molecule has 3 aromatic carbocycles. The highest BCUT2D eigenvalue weighted by atomic mass is 32.2. The summed E-state index contributed by atoms with van der Waals surface area (Å²) in [6.45, 7) is 7.71. The molecule has 0 saturated heterocycles. The Morgan fingerprint density at radius 2 is 1.50 bits per heavy atom. The quantitative estimate of drug-likeness (QED) is 0.0191. The number of unbranched alkanes of at least 4 members (excludes halogenated alkanes) is 15. The summed E-state index contributed by atoms with van der Waals surface area (Å²) in [7, 11) is 0. The van der Waals surface area contributed by atoms with Gasteiger partial charge in [0.05, 0.1) is 35.0 Å². The Bertz CT molecular complexity index is 2050. The molecule has 3 aromatic rings. The number of aliphatic hydroxyl groups is 2. The van der Waals surface area contributed by atoms with Crippen LogP contribution in [0.1, 0.15) is 159 Å². The third-order valence-corrected chi connectivity index (χ3v) is 16.8. The van der Waals surface area contributed by atoms with Crippen LogP contribution in [0.25, 0.3) is 0 Å². The zero-order valence-electron chi connectivity index (χ0n) is 42.0. The Kier molecular flexibility index (Phi) is 24.5. The molecule has 12 heteroatoms. The number of benzene rings is 3. The molecule has 10 nitrogen and oxygen atoms in total. The lowest BCUT2D eigenvalue weighted by atomic mass is 9.56. The van der Waals surface area contributed by atoms with Crippen molar-refractivity contribution in [2.24, 2.45) is 22.9 Å². The van der Waals surface area contributed by atoms with Crippen LogP contribution in [0.2, 0.25) is 0 Å². The molecular weight excluding hydrogens is 917 g/mol. The van der Waals surface area contributed by atoms with Gasteiger partial charge in [-0.3, -0.25) is 10.1 Å². The van der Waals surface area contributed by atoms with E-state index >= 15 is 0 Å². The second-order valence-corrected chi connectivity index (χ2v) is 21.9. The molecule has 6 atom stereocenters. The van der Waals surface area contributed by atoms with Crippen LogP contribution in [0.3, 0.4) is 0 Å². The van der Waals surface area contributed by atoms with Gasteiger partial charge in [-0.2, -0.15) is 11.8 Å².